The minimum atomic E-state index is -0.320. The highest BCUT2D eigenvalue weighted by Gasteiger charge is 2.09. The molecule has 0 aromatic heterocycles. The predicted molar refractivity (Wildman–Crippen MR) is 132 cm³/mol. The van der Waals surface area contributed by atoms with Crippen molar-refractivity contribution in [1.29, 1.82) is 0 Å². The highest BCUT2D eigenvalue weighted by atomic mass is 32.1. The zero-order valence-electron chi connectivity index (χ0n) is 19.3. The number of carbonyl (C=O) groups is 1. The molecule has 0 spiro atoms. The van der Waals surface area contributed by atoms with Gasteiger partial charge in [0.25, 0.3) is 0 Å². The van der Waals surface area contributed by atoms with Crippen molar-refractivity contribution in [3.05, 3.63) is 53.6 Å². The quantitative estimate of drug-likeness (QED) is 0.368. The molecule has 174 valence electrons. The molecule has 0 atom stereocenters. The van der Waals surface area contributed by atoms with Gasteiger partial charge < -0.3 is 29.7 Å². The van der Waals surface area contributed by atoms with Gasteiger partial charge in [-0.25, -0.2) is 4.79 Å². The molecule has 2 aromatic carbocycles. The summed E-state index contributed by atoms with van der Waals surface area (Å²) >= 11 is 5.37. The first-order valence-electron chi connectivity index (χ1n) is 10.8. The molecular formula is C24H33N3O4S. The molecule has 2 aromatic rings. The zero-order valence-corrected chi connectivity index (χ0v) is 20.1. The summed E-state index contributed by atoms with van der Waals surface area (Å²) in [6, 6.07) is 12.9. The van der Waals surface area contributed by atoms with E-state index in [4.69, 9.17) is 26.4 Å². The summed E-state index contributed by atoms with van der Waals surface area (Å²) in [6.07, 6.45) is 0.778. The van der Waals surface area contributed by atoms with Gasteiger partial charge in [-0.15, -0.1) is 0 Å². The van der Waals surface area contributed by atoms with E-state index in [-0.39, 0.29) is 5.97 Å². The van der Waals surface area contributed by atoms with Gasteiger partial charge in [0.05, 0.1) is 19.8 Å². The molecule has 0 fully saturated rings. The van der Waals surface area contributed by atoms with Gasteiger partial charge in [-0.2, -0.15) is 0 Å². The van der Waals surface area contributed by atoms with Crippen LogP contribution in [0.1, 0.15) is 29.8 Å². The Kier molecular flexibility index (Phi) is 10.8. The molecule has 0 aliphatic rings. The topological polar surface area (TPSA) is 72.1 Å². The van der Waals surface area contributed by atoms with Gasteiger partial charge in [-0.05, 0) is 73.7 Å². The maximum Gasteiger partial charge on any atom is 0.338 e. The molecule has 7 nitrogen and oxygen atoms in total. The SMILES string of the molecule is CCN(CC)CCOC(=O)c1ccc(NC(=S)NCCc2ccc(OC)c(OC)c2)cc1. The number of nitrogens with zero attached hydrogens (tertiary/aromatic N) is 1. The number of hydrogen-bond acceptors (Lipinski definition) is 6. The third kappa shape index (κ3) is 8.01. The number of hydrogen-bond donors (Lipinski definition) is 2. The summed E-state index contributed by atoms with van der Waals surface area (Å²) in [7, 11) is 3.24. The van der Waals surface area contributed by atoms with Crippen molar-refractivity contribution < 1.29 is 19.0 Å². The lowest BCUT2D eigenvalue weighted by molar-refractivity contribution is 0.0466. The van der Waals surface area contributed by atoms with Gasteiger partial charge in [0.1, 0.15) is 6.61 Å². The average Bonchev–Trinajstić information content (AvgIpc) is 2.82. The van der Waals surface area contributed by atoms with Crippen LogP contribution in [0, 0.1) is 0 Å². The highest BCUT2D eigenvalue weighted by molar-refractivity contribution is 7.80. The van der Waals surface area contributed by atoms with Gasteiger partial charge in [-0.3, -0.25) is 0 Å². The molecule has 0 aliphatic heterocycles. The van der Waals surface area contributed by atoms with E-state index in [1.165, 1.54) is 0 Å². The van der Waals surface area contributed by atoms with Gasteiger partial charge >= 0.3 is 5.97 Å². The van der Waals surface area contributed by atoms with Crippen molar-refractivity contribution in [2.45, 2.75) is 20.3 Å². The molecule has 0 saturated carbocycles. The van der Waals surface area contributed by atoms with Crippen LogP contribution < -0.4 is 20.1 Å². The van der Waals surface area contributed by atoms with Crippen molar-refractivity contribution in [3.63, 3.8) is 0 Å². The van der Waals surface area contributed by atoms with E-state index in [1.54, 1.807) is 26.4 Å². The number of rotatable bonds is 12. The first-order valence-corrected chi connectivity index (χ1v) is 11.2. The van der Waals surface area contributed by atoms with Crippen molar-refractivity contribution >= 4 is 29.0 Å². The van der Waals surface area contributed by atoms with Crippen LogP contribution in [0.5, 0.6) is 11.5 Å². The number of esters is 1. The van der Waals surface area contributed by atoms with E-state index in [2.05, 4.69) is 29.4 Å². The Bertz CT molecular complexity index is 870. The fourth-order valence-electron chi connectivity index (χ4n) is 3.11. The van der Waals surface area contributed by atoms with Crippen molar-refractivity contribution in [3.8, 4) is 11.5 Å². The summed E-state index contributed by atoms with van der Waals surface area (Å²) in [5, 5.41) is 6.82. The van der Waals surface area contributed by atoms with E-state index in [0.29, 0.717) is 35.3 Å². The van der Waals surface area contributed by atoms with Crippen LogP contribution in [-0.2, 0) is 11.2 Å². The molecule has 0 aliphatic carbocycles. The van der Waals surface area contributed by atoms with Gasteiger partial charge in [0.2, 0.25) is 0 Å². The second kappa shape index (κ2) is 13.5. The Labute approximate surface area is 196 Å². The number of carbonyl (C=O) groups excluding carboxylic acids is 1. The summed E-state index contributed by atoms with van der Waals surface area (Å²) in [4.78, 5) is 14.4. The van der Waals surface area contributed by atoms with Crippen LogP contribution >= 0.6 is 12.2 Å². The molecule has 2 rings (SSSR count). The number of benzene rings is 2. The van der Waals surface area contributed by atoms with Crippen LogP contribution in [0.2, 0.25) is 0 Å². The summed E-state index contributed by atoms with van der Waals surface area (Å²) in [6.45, 7) is 7.85. The number of likely N-dealkylation sites (N-methyl/N-ethyl adjacent to an activating group) is 1. The zero-order chi connectivity index (χ0) is 23.3. The van der Waals surface area contributed by atoms with E-state index in [0.717, 1.165) is 37.3 Å². The molecule has 0 bridgehead atoms. The first-order chi connectivity index (χ1) is 15.5. The van der Waals surface area contributed by atoms with E-state index >= 15 is 0 Å². The van der Waals surface area contributed by atoms with E-state index in [9.17, 15) is 4.79 Å². The Morgan fingerprint density at radius 3 is 2.31 bits per heavy atom. The van der Waals surface area contributed by atoms with Gasteiger partial charge in [0.15, 0.2) is 16.6 Å². The molecule has 32 heavy (non-hydrogen) atoms. The number of nitrogens with one attached hydrogen (secondary N) is 2. The Morgan fingerprint density at radius 1 is 1.00 bits per heavy atom. The normalized spacial score (nSPS) is 10.5. The lowest BCUT2D eigenvalue weighted by Gasteiger charge is -2.17. The Morgan fingerprint density at radius 2 is 1.69 bits per heavy atom. The van der Waals surface area contributed by atoms with Crippen molar-refractivity contribution in [2.75, 3.05) is 52.3 Å². The van der Waals surface area contributed by atoms with Crippen molar-refractivity contribution in [1.82, 2.24) is 10.2 Å². The second-order valence-corrected chi connectivity index (χ2v) is 7.47. The number of methoxy groups -OCH3 is 2. The standard InChI is InChI=1S/C24H33N3O4S/c1-5-27(6-2)15-16-31-23(28)19-8-10-20(11-9-19)26-24(32)25-14-13-18-7-12-21(29-3)22(17-18)30-4/h7-12,17H,5-6,13-16H2,1-4H3,(H2,25,26,32). The van der Waals surface area contributed by atoms with Gasteiger partial charge in [0, 0.05) is 18.8 Å². The third-order valence-corrected chi connectivity index (χ3v) is 5.31. The number of thiocarbonyl (C=S) groups is 1. The van der Waals surface area contributed by atoms with Crippen LogP contribution in [-0.4, -0.2) is 63.0 Å². The Balaban J connectivity index is 1.76. The number of ether oxygens (including phenoxy) is 3. The first kappa shape index (κ1) is 25.4. The van der Waals surface area contributed by atoms with Crippen LogP contribution in [0.3, 0.4) is 0 Å². The molecule has 0 amide bonds. The van der Waals surface area contributed by atoms with Crippen molar-refractivity contribution in [2.24, 2.45) is 0 Å². The molecular weight excluding hydrogens is 426 g/mol. The molecule has 0 unspecified atom stereocenters. The van der Waals surface area contributed by atoms with Gasteiger partial charge in [-0.1, -0.05) is 19.9 Å². The molecule has 0 radical (unpaired) electrons. The Hall–Kier alpha value is -2.84. The molecule has 8 heteroatoms. The summed E-state index contributed by atoms with van der Waals surface area (Å²) in [5.74, 6) is 1.09. The minimum absolute atomic E-state index is 0.320. The van der Waals surface area contributed by atoms with E-state index < -0.39 is 0 Å². The minimum Gasteiger partial charge on any atom is -0.493 e. The van der Waals surface area contributed by atoms with Crippen LogP contribution in [0.25, 0.3) is 0 Å². The smallest absolute Gasteiger partial charge is 0.338 e. The summed E-state index contributed by atoms with van der Waals surface area (Å²) in [5.41, 5.74) is 2.43. The fraction of sp³-hybridized carbons (Fsp3) is 0.417. The lowest BCUT2D eigenvalue weighted by atomic mass is 10.1. The average molecular weight is 460 g/mol. The van der Waals surface area contributed by atoms with E-state index in [1.807, 2.05) is 30.3 Å². The molecule has 0 saturated heterocycles. The monoisotopic (exact) mass is 459 g/mol. The third-order valence-electron chi connectivity index (χ3n) is 5.06. The van der Waals surface area contributed by atoms with Crippen LogP contribution in [0.15, 0.2) is 42.5 Å². The highest BCUT2D eigenvalue weighted by Crippen LogP contribution is 2.27. The van der Waals surface area contributed by atoms with Crippen LogP contribution in [0.4, 0.5) is 5.69 Å². The maximum atomic E-state index is 12.2. The number of anilines is 1. The molecule has 2 N–H and O–H groups in total. The largest absolute Gasteiger partial charge is 0.493 e. The lowest BCUT2D eigenvalue weighted by Crippen LogP contribution is -2.30. The maximum absolute atomic E-state index is 12.2. The predicted octanol–water partition coefficient (Wildman–Crippen LogP) is 3.73. The fourth-order valence-corrected chi connectivity index (χ4v) is 3.33. The second-order valence-electron chi connectivity index (χ2n) is 7.06. The summed E-state index contributed by atoms with van der Waals surface area (Å²) < 4.78 is 15.9. The molecule has 0 heterocycles.